The van der Waals surface area contributed by atoms with Crippen molar-refractivity contribution in [1.82, 2.24) is 4.90 Å². The number of nitrogens with zero attached hydrogens (tertiary/aromatic N) is 1. The molecule has 1 atom stereocenters. The van der Waals surface area contributed by atoms with Gasteiger partial charge < -0.3 is 4.74 Å². The number of halogens is 1. The number of piperidine rings is 1. The second-order valence-electron chi connectivity index (χ2n) is 5.30. The second-order valence-corrected chi connectivity index (χ2v) is 5.61. The van der Waals surface area contributed by atoms with Gasteiger partial charge in [0.05, 0.1) is 12.2 Å². The van der Waals surface area contributed by atoms with Gasteiger partial charge in [0.25, 0.3) is 0 Å². The molecule has 1 aliphatic rings. The normalized spacial score (nSPS) is 24.4. The van der Waals surface area contributed by atoms with E-state index in [9.17, 15) is 0 Å². The van der Waals surface area contributed by atoms with E-state index in [1.165, 1.54) is 25.8 Å². The molecule has 0 aromatic carbocycles. The third-order valence-corrected chi connectivity index (χ3v) is 3.20. The first-order valence-electron chi connectivity index (χ1n) is 5.97. The van der Waals surface area contributed by atoms with Gasteiger partial charge in [-0.05, 0) is 40.2 Å². The van der Waals surface area contributed by atoms with Gasteiger partial charge >= 0.3 is 0 Å². The van der Waals surface area contributed by atoms with Crippen LogP contribution in [0.15, 0.2) is 0 Å². The third kappa shape index (κ3) is 5.19. The van der Waals surface area contributed by atoms with Crippen molar-refractivity contribution >= 4 is 11.6 Å². The third-order valence-electron chi connectivity index (χ3n) is 2.84. The highest BCUT2D eigenvalue weighted by Gasteiger charge is 2.21. The zero-order valence-electron chi connectivity index (χ0n) is 10.3. The molecular weight excluding hydrogens is 210 g/mol. The Labute approximate surface area is 98.9 Å². The molecule has 0 aromatic heterocycles. The van der Waals surface area contributed by atoms with Crippen molar-refractivity contribution < 1.29 is 4.74 Å². The monoisotopic (exact) mass is 233 g/mol. The fraction of sp³-hybridized carbons (Fsp3) is 1.00. The molecule has 0 aliphatic carbocycles. The minimum absolute atomic E-state index is 0.0216. The number of hydrogen-bond donors (Lipinski definition) is 0. The van der Waals surface area contributed by atoms with E-state index in [-0.39, 0.29) is 5.60 Å². The van der Waals surface area contributed by atoms with Crippen LogP contribution in [-0.4, -0.2) is 42.1 Å². The van der Waals surface area contributed by atoms with Crippen LogP contribution in [0.25, 0.3) is 0 Å². The zero-order chi connectivity index (χ0) is 11.3. The lowest BCUT2D eigenvalue weighted by atomic mass is 10.0. The predicted octanol–water partition coefficient (Wildman–Crippen LogP) is 2.89. The molecule has 0 spiro atoms. The van der Waals surface area contributed by atoms with E-state index in [1.807, 2.05) is 0 Å². The summed E-state index contributed by atoms with van der Waals surface area (Å²) in [5.74, 6) is 0.759. The largest absolute Gasteiger partial charge is 0.375 e. The van der Waals surface area contributed by atoms with Gasteiger partial charge in [-0.1, -0.05) is 6.42 Å². The molecule has 0 bridgehead atoms. The van der Waals surface area contributed by atoms with Gasteiger partial charge in [0.15, 0.2) is 0 Å². The minimum atomic E-state index is -0.0216. The molecule has 90 valence electrons. The van der Waals surface area contributed by atoms with Crippen molar-refractivity contribution in [3.8, 4) is 0 Å². The Morgan fingerprint density at radius 2 is 2.07 bits per heavy atom. The Morgan fingerprint density at radius 3 is 2.67 bits per heavy atom. The average molecular weight is 234 g/mol. The first-order valence-corrected chi connectivity index (χ1v) is 6.50. The molecule has 1 saturated heterocycles. The van der Waals surface area contributed by atoms with E-state index in [1.54, 1.807) is 0 Å². The van der Waals surface area contributed by atoms with Crippen LogP contribution in [0.2, 0.25) is 0 Å². The molecule has 1 fully saturated rings. The van der Waals surface area contributed by atoms with Crippen LogP contribution in [-0.2, 0) is 4.74 Å². The van der Waals surface area contributed by atoms with E-state index in [2.05, 4.69) is 25.7 Å². The summed E-state index contributed by atoms with van der Waals surface area (Å²) in [6, 6.07) is 0.573. The van der Waals surface area contributed by atoms with Crippen molar-refractivity contribution in [3.63, 3.8) is 0 Å². The summed E-state index contributed by atoms with van der Waals surface area (Å²) >= 11 is 5.96. The van der Waals surface area contributed by atoms with Crippen LogP contribution in [0, 0.1) is 0 Å². The summed E-state index contributed by atoms with van der Waals surface area (Å²) in [7, 11) is 0. The summed E-state index contributed by atoms with van der Waals surface area (Å²) in [5, 5.41) is 0. The lowest BCUT2D eigenvalue weighted by Crippen LogP contribution is -2.43. The first kappa shape index (κ1) is 13.3. The molecule has 0 aromatic rings. The lowest BCUT2D eigenvalue weighted by molar-refractivity contribution is -0.0196. The Morgan fingerprint density at radius 1 is 1.33 bits per heavy atom. The minimum Gasteiger partial charge on any atom is -0.375 e. The molecule has 1 heterocycles. The van der Waals surface area contributed by atoms with Crippen LogP contribution in [0.3, 0.4) is 0 Å². The zero-order valence-corrected chi connectivity index (χ0v) is 11.0. The van der Waals surface area contributed by atoms with Crippen LogP contribution >= 0.6 is 11.6 Å². The molecule has 2 nitrogen and oxygen atoms in total. The van der Waals surface area contributed by atoms with Gasteiger partial charge in [-0.15, -0.1) is 11.6 Å². The number of ether oxygens (including phenoxy) is 1. The maximum atomic E-state index is 5.96. The summed E-state index contributed by atoms with van der Waals surface area (Å²) in [5.41, 5.74) is -0.0216. The van der Waals surface area contributed by atoms with Crippen molar-refractivity contribution in [2.75, 3.05) is 25.6 Å². The van der Waals surface area contributed by atoms with Gasteiger partial charge in [-0.2, -0.15) is 0 Å². The molecule has 0 N–H and O–H groups in total. The quantitative estimate of drug-likeness (QED) is 0.693. The average Bonchev–Trinajstić information content (AvgIpc) is 2.16. The number of likely N-dealkylation sites (tertiary alicyclic amines) is 1. The predicted molar refractivity (Wildman–Crippen MR) is 65.6 cm³/mol. The first-order chi connectivity index (χ1) is 7.03. The standard InChI is InChI=1S/C12H24ClNO/c1-12(2,3)15-9-8-14-7-5-4-6-11(14)10-13/h11H,4-10H2,1-3H3. The highest BCUT2D eigenvalue weighted by molar-refractivity contribution is 6.18. The summed E-state index contributed by atoms with van der Waals surface area (Å²) < 4.78 is 5.74. The number of hydrogen-bond acceptors (Lipinski definition) is 2. The van der Waals surface area contributed by atoms with Crippen molar-refractivity contribution in [3.05, 3.63) is 0 Å². The highest BCUT2D eigenvalue weighted by atomic mass is 35.5. The Bertz CT molecular complexity index is 179. The Kier molecular flexibility index (Phi) is 5.37. The Hall–Kier alpha value is 0.210. The highest BCUT2D eigenvalue weighted by Crippen LogP contribution is 2.18. The summed E-state index contributed by atoms with van der Waals surface area (Å²) in [6.45, 7) is 9.32. The van der Waals surface area contributed by atoms with Crippen LogP contribution in [0.4, 0.5) is 0 Å². The fourth-order valence-electron chi connectivity index (χ4n) is 2.00. The number of alkyl halides is 1. The molecule has 0 saturated carbocycles. The van der Waals surface area contributed by atoms with Gasteiger partial charge in [0.2, 0.25) is 0 Å². The van der Waals surface area contributed by atoms with E-state index >= 15 is 0 Å². The van der Waals surface area contributed by atoms with Crippen LogP contribution in [0.5, 0.6) is 0 Å². The number of rotatable bonds is 4. The van der Waals surface area contributed by atoms with Crippen LogP contribution in [0.1, 0.15) is 40.0 Å². The van der Waals surface area contributed by atoms with Crippen molar-refractivity contribution in [1.29, 1.82) is 0 Å². The molecule has 1 unspecified atom stereocenters. The topological polar surface area (TPSA) is 12.5 Å². The van der Waals surface area contributed by atoms with Gasteiger partial charge in [0.1, 0.15) is 0 Å². The molecule has 3 heteroatoms. The second kappa shape index (κ2) is 6.07. The molecular formula is C12H24ClNO. The SMILES string of the molecule is CC(C)(C)OCCN1CCCCC1CCl. The maximum Gasteiger partial charge on any atom is 0.0600 e. The molecule has 15 heavy (non-hydrogen) atoms. The van der Waals surface area contributed by atoms with E-state index in [0.29, 0.717) is 6.04 Å². The smallest absolute Gasteiger partial charge is 0.0600 e. The van der Waals surface area contributed by atoms with Crippen molar-refractivity contribution in [2.45, 2.75) is 51.7 Å². The van der Waals surface area contributed by atoms with Crippen LogP contribution < -0.4 is 0 Å². The molecule has 1 aliphatic heterocycles. The van der Waals surface area contributed by atoms with Crippen molar-refractivity contribution in [2.24, 2.45) is 0 Å². The molecule has 0 amide bonds. The molecule has 1 rings (SSSR count). The summed E-state index contributed by atoms with van der Waals surface area (Å²) in [4.78, 5) is 2.47. The van der Waals surface area contributed by atoms with Gasteiger partial charge in [0, 0.05) is 18.5 Å². The van der Waals surface area contributed by atoms with Gasteiger partial charge in [-0.25, -0.2) is 0 Å². The van der Waals surface area contributed by atoms with Gasteiger partial charge in [-0.3, -0.25) is 4.90 Å². The Balaban J connectivity index is 2.23. The van der Waals surface area contributed by atoms with E-state index in [0.717, 1.165) is 19.0 Å². The summed E-state index contributed by atoms with van der Waals surface area (Å²) in [6.07, 6.45) is 3.88. The van der Waals surface area contributed by atoms with E-state index in [4.69, 9.17) is 16.3 Å². The lowest BCUT2D eigenvalue weighted by Gasteiger charge is -2.35. The molecule has 0 radical (unpaired) electrons. The fourth-order valence-corrected chi connectivity index (χ4v) is 2.35. The maximum absolute atomic E-state index is 5.96. The van der Waals surface area contributed by atoms with E-state index < -0.39 is 0 Å².